The molecular weight excluding hydrogens is 281 g/mol. The van der Waals surface area contributed by atoms with Crippen LogP contribution in [0.2, 0.25) is 0 Å². The van der Waals surface area contributed by atoms with Crippen molar-refractivity contribution in [3.63, 3.8) is 0 Å². The van der Waals surface area contributed by atoms with Crippen molar-refractivity contribution in [3.8, 4) is 5.75 Å². The van der Waals surface area contributed by atoms with Gasteiger partial charge in [0.2, 0.25) is 0 Å². The average molecular weight is 307 g/mol. The molecule has 4 heteroatoms. The second kappa shape index (κ2) is 6.97. The van der Waals surface area contributed by atoms with E-state index in [1.165, 1.54) is 25.3 Å². The van der Waals surface area contributed by atoms with Crippen molar-refractivity contribution < 1.29 is 13.9 Å². The van der Waals surface area contributed by atoms with E-state index in [-0.39, 0.29) is 11.9 Å². The van der Waals surface area contributed by atoms with E-state index in [1.54, 1.807) is 12.1 Å². The number of hydrogen-bond acceptors (Lipinski definition) is 3. The highest BCUT2D eigenvalue weighted by molar-refractivity contribution is 5.24. The third-order valence-corrected chi connectivity index (χ3v) is 4.59. The highest BCUT2D eigenvalue weighted by atomic mass is 19.1. The summed E-state index contributed by atoms with van der Waals surface area (Å²) in [6.07, 6.45) is 5.58. The molecule has 2 atom stereocenters. The molecule has 1 aliphatic carbocycles. The molecule has 0 bridgehead atoms. The third kappa shape index (κ3) is 3.79. The predicted molar refractivity (Wildman–Crippen MR) is 84.7 cm³/mol. The van der Waals surface area contributed by atoms with Crippen molar-refractivity contribution in [1.29, 1.82) is 0 Å². The largest absolute Gasteiger partial charge is 0.485 e. The van der Waals surface area contributed by atoms with Crippen LogP contribution in [0.3, 0.4) is 0 Å². The van der Waals surface area contributed by atoms with E-state index in [2.05, 4.69) is 18.7 Å². The summed E-state index contributed by atoms with van der Waals surface area (Å²) in [6, 6.07) is 7.24. The van der Waals surface area contributed by atoms with Crippen LogP contribution in [-0.4, -0.2) is 42.3 Å². The van der Waals surface area contributed by atoms with Crippen molar-refractivity contribution in [1.82, 2.24) is 4.90 Å². The molecule has 3 nitrogen and oxygen atoms in total. The minimum Gasteiger partial charge on any atom is -0.485 e. The van der Waals surface area contributed by atoms with Gasteiger partial charge in [-0.25, -0.2) is 4.39 Å². The molecule has 1 aromatic carbocycles. The molecule has 2 unspecified atom stereocenters. The van der Waals surface area contributed by atoms with Crippen LogP contribution in [0.25, 0.3) is 0 Å². The van der Waals surface area contributed by atoms with E-state index in [1.807, 2.05) is 6.07 Å². The fourth-order valence-electron chi connectivity index (χ4n) is 3.52. The molecule has 1 aliphatic heterocycles. The van der Waals surface area contributed by atoms with Gasteiger partial charge in [-0.3, -0.25) is 4.90 Å². The summed E-state index contributed by atoms with van der Waals surface area (Å²) >= 11 is 0. The Hall–Kier alpha value is -1.13. The Balaban J connectivity index is 1.46. The number of hydrogen-bond donors (Lipinski definition) is 0. The van der Waals surface area contributed by atoms with Crippen LogP contribution < -0.4 is 4.74 Å². The minimum absolute atomic E-state index is 0.114. The van der Waals surface area contributed by atoms with Crippen LogP contribution in [-0.2, 0) is 4.74 Å². The Morgan fingerprint density at radius 3 is 2.64 bits per heavy atom. The quantitative estimate of drug-likeness (QED) is 0.829. The highest BCUT2D eigenvalue weighted by Crippen LogP contribution is 2.30. The van der Waals surface area contributed by atoms with Gasteiger partial charge in [0.05, 0.1) is 12.2 Å². The zero-order valence-electron chi connectivity index (χ0n) is 13.5. The van der Waals surface area contributed by atoms with E-state index in [4.69, 9.17) is 9.47 Å². The third-order valence-electron chi connectivity index (χ3n) is 4.59. The van der Waals surface area contributed by atoms with Crippen molar-refractivity contribution in [3.05, 3.63) is 30.1 Å². The zero-order valence-corrected chi connectivity index (χ0v) is 13.5. The van der Waals surface area contributed by atoms with Gasteiger partial charge in [-0.05, 0) is 51.7 Å². The summed E-state index contributed by atoms with van der Waals surface area (Å²) in [6.45, 7) is 6.00. The van der Waals surface area contributed by atoms with E-state index < -0.39 is 0 Å². The molecule has 0 amide bonds. The Morgan fingerprint density at radius 2 is 1.91 bits per heavy atom. The number of likely N-dealkylation sites (tertiary alicyclic amines) is 1. The molecule has 1 saturated carbocycles. The van der Waals surface area contributed by atoms with E-state index in [0.29, 0.717) is 24.0 Å². The van der Waals surface area contributed by atoms with E-state index in [9.17, 15) is 4.39 Å². The summed E-state index contributed by atoms with van der Waals surface area (Å²) in [5.74, 6) is 0.0980. The molecule has 0 aromatic heterocycles. The maximum absolute atomic E-state index is 13.6. The fraction of sp³-hybridized carbons (Fsp3) is 0.667. The monoisotopic (exact) mass is 307 g/mol. The fourth-order valence-corrected chi connectivity index (χ4v) is 3.52. The van der Waals surface area contributed by atoms with Crippen molar-refractivity contribution in [2.75, 3.05) is 13.1 Å². The van der Waals surface area contributed by atoms with Gasteiger partial charge in [0.25, 0.3) is 0 Å². The molecule has 1 saturated heterocycles. The lowest BCUT2D eigenvalue weighted by Crippen LogP contribution is -2.59. The molecule has 0 spiro atoms. The number of rotatable bonds is 5. The molecule has 22 heavy (non-hydrogen) atoms. The van der Waals surface area contributed by atoms with Crippen LogP contribution >= 0.6 is 0 Å². The normalized spacial score (nSPS) is 26.9. The molecular formula is C18H26FNO2. The molecule has 122 valence electrons. The maximum Gasteiger partial charge on any atom is 0.165 e. The van der Waals surface area contributed by atoms with Gasteiger partial charge in [0.15, 0.2) is 11.6 Å². The first-order valence-corrected chi connectivity index (χ1v) is 8.42. The summed E-state index contributed by atoms with van der Waals surface area (Å²) in [4.78, 5) is 2.46. The maximum atomic E-state index is 13.6. The first-order chi connectivity index (χ1) is 10.6. The van der Waals surface area contributed by atoms with E-state index in [0.717, 1.165) is 19.5 Å². The summed E-state index contributed by atoms with van der Waals surface area (Å²) in [5.41, 5.74) is 0. The SMILES string of the molecule is CC(C)OC1CCCC(N2CC(Oc3ccccc3F)C2)C1. The molecule has 1 heterocycles. The summed E-state index contributed by atoms with van der Waals surface area (Å²) < 4.78 is 25.3. The van der Waals surface area contributed by atoms with Gasteiger partial charge in [-0.15, -0.1) is 0 Å². The predicted octanol–water partition coefficient (Wildman–Crippen LogP) is 3.62. The Labute approximate surface area is 132 Å². The molecule has 0 radical (unpaired) electrons. The number of ether oxygens (including phenoxy) is 2. The standard InChI is InChI=1S/C18H26FNO2/c1-13(2)21-15-7-5-6-14(10-15)20-11-16(12-20)22-18-9-4-3-8-17(18)19/h3-4,8-9,13-16H,5-7,10-12H2,1-2H3. The second-order valence-electron chi connectivity index (χ2n) is 6.75. The van der Waals surface area contributed by atoms with Crippen LogP contribution in [0.4, 0.5) is 4.39 Å². The first-order valence-electron chi connectivity index (χ1n) is 8.42. The van der Waals surface area contributed by atoms with Gasteiger partial charge in [-0.1, -0.05) is 12.1 Å². The molecule has 2 fully saturated rings. The molecule has 0 N–H and O–H groups in total. The second-order valence-corrected chi connectivity index (χ2v) is 6.75. The van der Waals surface area contributed by atoms with Crippen molar-refractivity contribution >= 4 is 0 Å². The van der Waals surface area contributed by atoms with Crippen LogP contribution in [0.5, 0.6) is 5.75 Å². The smallest absolute Gasteiger partial charge is 0.165 e. The van der Waals surface area contributed by atoms with Gasteiger partial charge in [-0.2, -0.15) is 0 Å². The van der Waals surface area contributed by atoms with Gasteiger partial charge >= 0.3 is 0 Å². The molecule has 3 rings (SSSR count). The van der Waals surface area contributed by atoms with Crippen molar-refractivity contribution in [2.24, 2.45) is 0 Å². The van der Waals surface area contributed by atoms with Gasteiger partial charge < -0.3 is 9.47 Å². The first kappa shape index (κ1) is 15.8. The Morgan fingerprint density at radius 1 is 1.14 bits per heavy atom. The Bertz CT molecular complexity index is 488. The number of nitrogens with zero attached hydrogens (tertiary/aromatic N) is 1. The Kier molecular flexibility index (Phi) is 4.99. The summed E-state index contributed by atoms with van der Waals surface area (Å²) in [7, 11) is 0. The lowest BCUT2D eigenvalue weighted by atomic mass is 9.89. The van der Waals surface area contributed by atoms with Crippen LogP contribution in [0.15, 0.2) is 24.3 Å². The van der Waals surface area contributed by atoms with Crippen molar-refractivity contribution in [2.45, 2.75) is 63.9 Å². The lowest BCUT2D eigenvalue weighted by molar-refractivity contribution is -0.0663. The number of benzene rings is 1. The molecule has 2 aliphatic rings. The van der Waals surface area contributed by atoms with Crippen LogP contribution in [0.1, 0.15) is 39.5 Å². The van der Waals surface area contributed by atoms with Crippen LogP contribution in [0, 0.1) is 5.82 Å². The average Bonchev–Trinajstić information content (AvgIpc) is 2.43. The zero-order chi connectivity index (χ0) is 15.5. The van der Waals surface area contributed by atoms with E-state index >= 15 is 0 Å². The molecule has 1 aromatic rings. The number of para-hydroxylation sites is 1. The lowest BCUT2D eigenvalue weighted by Gasteiger charge is -2.46. The van der Waals surface area contributed by atoms with Gasteiger partial charge in [0, 0.05) is 19.1 Å². The van der Waals surface area contributed by atoms with Gasteiger partial charge in [0.1, 0.15) is 6.10 Å². The highest BCUT2D eigenvalue weighted by Gasteiger charge is 2.36. The minimum atomic E-state index is -0.274. The topological polar surface area (TPSA) is 21.7 Å². The number of halogens is 1. The summed E-state index contributed by atoms with van der Waals surface area (Å²) in [5, 5.41) is 0.